The summed E-state index contributed by atoms with van der Waals surface area (Å²) in [6, 6.07) is 4.96. The van der Waals surface area contributed by atoms with Gasteiger partial charge in [-0.3, -0.25) is 19.2 Å². The van der Waals surface area contributed by atoms with Crippen LogP contribution in [0.25, 0.3) is 5.32 Å². The van der Waals surface area contributed by atoms with Crippen LogP contribution in [0, 0.1) is 20.8 Å². The summed E-state index contributed by atoms with van der Waals surface area (Å²) in [5, 5.41) is 13.3. The number of rotatable bonds is 16. The first-order valence-corrected chi connectivity index (χ1v) is 19.6. The molecule has 0 aliphatic carbocycles. The molecule has 0 bridgehead atoms. The molecule has 12 heteroatoms. The van der Waals surface area contributed by atoms with Gasteiger partial charge in [-0.1, -0.05) is 123 Å². The second-order valence-electron chi connectivity index (χ2n) is 11.7. The average Bonchev–Trinajstić information content (AvgIpc) is 3.06. The molecule has 2 radical (unpaired) electrons. The molecular formula is C39H75AlN5O5Y-4. The van der Waals surface area contributed by atoms with E-state index in [1.165, 1.54) is 30.2 Å². The number of nitrogens with one attached hydrogen (secondary N) is 3. The van der Waals surface area contributed by atoms with Gasteiger partial charge in [0.25, 0.3) is 0 Å². The van der Waals surface area contributed by atoms with E-state index < -0.39 is 11.6 Å². The summed E-state index contributed by atoms with van der Waals surface area (Å²) in [5.41, 5.74) is 1.89. The SMILES string of the molecule is CC.CC.CC(=O)N(C)C(C)(C)[C-]=O.CCC.C[N-]c1cc(NC(=O)C(C)NC(=O)CNC(=O)CCCCCC(C)C)ccc1[CH2][Al][CH3].[CH3-].[CH3-].[Y]. The van der Waals surface area contributed by atoms with Crippen LogP contribution in [0.15, 0.2) is 18.2 Å². The molecule has 1 rings (SSSR count). The van der Waals surface area contributed by atoms with E-state index >= 15 is 0 Å². The van der Waals surface area contributed by atoms with Crippen molar-refractivity contribution in [1.82, 2.24) is 15.5 Å². The number of hydrogen-bond donors (Lipinski definition) is 3. The Labute approximate surface area is 346 Å². The number of anilines is 1. The number of nitrogens with zero attached hydrogens (tertiary/aromatic N) is 2. The normalized spacial score (nSPS) is 9.73. The molecule has 296 valence electrons. The summed E-state index contributed by atoms with van der Waals surface area (Å²) >= 11 is 0.335. The maximum atomic E-state index is 12.4. The van der Waals surface area contributed by atoms with Crippen LogP contribution in [-0.4, -0.2) is 82.3 Å². The number of amides is 4. The van der Waals surface area contributed by atoms with Gasteiger partial charge in [0.05, 0.1) is 6.54 Å². The van der Waals surface area contributed by atoms with Gasteiger partial charge in [-0.15, -0.1) is 18.5 Å². The molecule has 10 nitrogen and oxygen atoms in total. The first-order chi connectivity index (χ1) is 22.6. The van der Waals surface area contributed by atoms with E-state index in [-0.39, 0.29) is 77.7 Å². The van der Waals surface area contributed by atoms with E-state index in [4.69, 9.17) is 0 Å². The molecule has 0 saturated heterocycles. The molecule has 1 aromatic rings. The molecule has 0 aromatic heterocycles. The number of unbranched alkanes of at least 4 members (excludes halogenated alkanes) is 2. The molecule has 51 heavy (non-hydrogen) atoms. The molecule has 0 heterocycles. The molecule has 1 unspecified atom stereocenters. The van der Waals surface area contributed by atoms with Crippen molar-refractivity contribution in [1.29, 1.82) is 0 Å². The number of carbonyl (C=O) groups excluding carboxylic acids is 5. The molecule has 0 aliphatic heterocycles. The van der Waals surface area contributed by atoms with Crippen molar-refractivity contribution in [2.45, 2.75) is 144 Å². The van der Waals surface area contributed by atoms with E-state index in [0.717, 1.165) is 30.2 Å². The number of hydrogen-bond acceptors (Lipinski definition) is 5. The zero-order valence-electron chi connectivity index (χ0n) is 35.6. The minimum Gasteiger partial charge on any atom is -0.687 e. The number of benzene rings is 1. The maximum Gasteiger partial charge on any atom is 0.246 e. The molecule has 3 N–H and O–H groups in total. The first-order valence-electron chi connectivity index (χ1n) is 17.6. The maximum absolute atomic E-state index is 12.4. The molecule has 0 saturated carbocycles. The van der Waals surface area contributed by atoms with Crippen molar-refractivity contribution in [2.75, 3.05) is 26.0 Å². The van der Waals surface area contributed by atoms with Crippen LogP contribution in [0.5, 0.6) is 0 Å². The van der Waals surface area contributed by atoms with Gasteiger partial charge >= 0.3 is 0 Å². The Morgan fingerprint density at radius 1 is 0.961 bits per heavy atom. The van der Waals surface area contributed by atoms with E-state index in [2.05, 4.69) is 54.7 Å². The summed E-state index contributed by atoms with van der Waals surface area (Å²) in [6.45, 7) is 22.8. The third-order valence-corrected chi connectivity index (χ3v) is 7.33. The van der Waals surface area contributed by atoms with Gasteiger partial charge in [-0.05, 0) is 25.3 Å². The quantitative estimate of drug-likeness (QED) is 0.0874. The predicted molar refractivity (Wildman–Crippen MR) is 218 cm³/mol. The molecule has 0 fully saturated rings. The predicted octanol–water partition coefficient (Wildman–Crippen LogP) is 8.46. The first kappa shape index (κ1) is 64.2. The smallest absolute Gasteiger partial charge is 0.246 e. The number of carbonyl (C=O) groups is 4. The topological polar surface area (TPSA) is 139 Å². The zero-order chi connectivity index (χ0) is 38.3. The summed E-state index contributed by atoms with van der Waals surface area (Å²) in [6.07, 6.45) is 7.57. The minimum atomic E-state index is -0.800. The fraction of sp³-hybridized carbons (Fsp3) is 0.667. The van der Waals surface area contributed by atoms with Crippen LogP contribution in [-0.2, 0) is 62.0 Å². The summed E-state index contributed by atoms with van der Waals surface area (Å²) in [4.78, 5) is 58.6. The summed E-state index contributed by atoms with van der Waals surface area (Å²) in [5.74, 6) is 1.90. The van der Waals surface area contributed by atoms with Gasteiger partial charge in [0.2, 0.25) is 38.8 Å². The Balaban J connectivity index is -0.000000163. The van der Waals surface area contributed by atoms with Gasteiger partial charge in [0.1, 0.15) is 6.04 Å². The van der Waals surface area contributed by atoms with Crippen LogP contribution in [0.4, 0.5) is 11.4 Å². The van der Waals surface area contributed by atoms with Crippen molar-refractivity contribution in [3.63, 3.8) is 0 Å². The molecular weight excluding hydrogens is 734 g/mol. The van der Waals surface area contributed by atoms with Crippen molar-refractivity contribution in [2.24, 2.45) is 5.92 Å². The van der Waals surface area contributed by atoms with Crippen LogP contribution in [0.2, 0.25) is 5.79 Å². The second-order valence-corrected chi connectivity index (χ2v) is 12.9. The summed E-state index contributed by atoms with van der Waals surface area (Å²) in [7, 11) is 3.31. The van der Waals surface area contributed by atoms with Crippen molar-refractivity contribution >= 4 is 56.5 Å². The van der Waals surface area contributed by atoms with Gasteiger partial charge in [-0.2, -0.15) is 0 Å². The minimum absolute atomic E-state index is 0. The number of likely N-dealkylation sites (N-methyl/N-ethyl adjacent to an activating group) is 1. The fourth-order valence-electron chi connectivity index (χ4n) is 3.60. The molecule has 0 spiro atoms. The third-order valence-electron chi connectivity index (χ3n) is 6.48. The van der Waals surface area contributed by atoms with Crippen molar-refractivity contribution in [3.8, 4) is 0 Å². The molecule has 4 amide bonds. The average molecular weight is 810 g/mol. The Kier molecular flexibility index (Phi) is 51.6. The van der Waals surface area contributed by atoms with Crippen LogP contribution in [0.3, 0.4) is 0 Å². The standard InChI is InChI=1S/C22H34N4O3.C7H12NO2.C3H8.2C2H6.3CH3.Al.Y/c1-15(2)9-7-6-8-10-20(27)24-14-21(28)25-17(4)22(29)26-18-12-11-16(3)19(13-18)23-5;1-6(10)8(4)7(2,3)5-9;1-3-2;2*1-2;;;;;/h11-13,15,17H,3,6-10,14H2,1-2,4-5H3,(H,24,27)(H,25,28)(H,26,29);1-4H3;3H2,1-2H3;2*1-2H3;3*1H3;;/q2*-1;;;;;2*-1;;. The monoisotopic (exact) mass is 809 g/mol. The van der Waals surface area contributed by atoms with Gasteiger partial charge < -0.3 is 45.8 Å². The zero-order valence-corrected chi connectivity index (χ0v) is 39.6. The van der Waals surface area contributed by atoms with Crippen molar-refractivity contribution in [3.05, 3.63) is 43.9 Å². The van der Waals surface area contributed by atoms with Crippen LogP contribution < -0.4 is 16.0 Å². The van der Waals surface area contributed by atoms with Crippen LogP contribution in [0.1, 0.15) is 127 Å². The summed E-state index contributed by atoms with van der Waals surface area (Å²) < 4.78 is 0. The second kappa shape index (κ2) is 41.0. The molecule has 1 atom stereocenters. The van der Waals surface area contributed by atoms with E-state index in [0.29, 0.717) is 33.2 Å². The third kappa shape index (κ3) is 35.0. The Morgan fingerprint density at radius 3 is 1.90 bits per heavy atom. The van der Waals surface area contributed by atoms with Gasteiger partial charge in [0.15, 0.2) is 0 Å². The Morgan fingerprint density at radius 2 is 1.49 bits per heavy atom. The van der Waals surface area contributed by atoms with E-state index in [1.54, 1.807) is 41.2 Å². The Hall–Kier alpha value is -1.79. The molecule has 1 aromatic carbocycles. The largest absolute Gasteiger partial charge is 0.687 e. The van der Waals surface area contributed by atoms with Gasteiger partial charge in [-0.25, -0.2) is 6.29 Å². The van der Waals surface area contributed by atoms with E-state index in [1.807, 2.05) is 45.9 Å². The van der Waals surface area contributed by atoms with E-state index in [9.17, 15) is 24.0 Å². The Bertz CT molecular complexity index is 1030. The molecule has 0 aliphatic rings. The van der Waals surface area contributed by atoms with Gasteiger partial charge in [0, 0.05) is 58.8 Å². The van der Waals surface area contributed by atoms with Crippen molar-refractivity contribution < 1.29 is 56.7 Å². The fourth-order valence-corrected chi connectivity index (χ4v) is 4.38. The van der Waals surface area contributed by atoms with Crippen LogP contribution >= 0.6 is 0 Å².